The summed E-state index contributed by atoms with van der Waals surface area (Å²) in [4.78, 5) is 1.73. The van der Waals surface area contributed by atoms with Crippen molar-refractivity contribution in [1.29, 1.82) is 0 Å². The molecule has 1 N–H and O–H groups in total. The molecule has 0 fully saturated rings. The van der Waals surface area contributed by atoms with Crippen molar-refractivity contribution in [2.75, 3.05) is 5.32 Å². The summed E-state index contributed by atoms with van der Waals surface area (Å²) in [5, 5.41) is 3.04. The fourth-order valence-electron chi connectivity index (χ4n) is 1.90. The molecular formula is C13H6Br2F3NS. The molecule has 3 rings (SSSR count). The van der Waals surface area contributed by atoms with Crippen molar-refractivity contribution in [3.63, 3.8) is 0 Å². The van der Waals surface area contributed by atoms with E-state index in [9.17, 15) is 13.2 Å². The number of halogens is 5. The molecule has 0 atom stereocenters. The van der Waals surface area contributed by atoms with Crippen LogP contribution in [0.4, 0.5) is 24.5 Å². The van der Waals surface area contributed by atoms with E-state index in [-0.39, 0.29) is 4.47 Å². The lowest BCUT2D eigenvalue weighted by molar-refractivity contribution is -0.138. The monoisotopic (exact) mass is 423 g/mol. The lowest BCUT2D eigenvalue weighted by Gasteiger charge is -2.23. The Morgan fingerprint density at radius 1 is 0.950 bits per heavy atom. The molecule has 1 aliphatic heterocycles. The van der Waals surface area contributed by atoms with Gasteiger partial charge in [0.1, 0.15) is 0 Å². The van der Waals surface area contributed by atoms with Gasteiger partial charge in [-0.25, -0.2) is 0 Å². The fraction of sp³-hybridized carbons (Fsp3) is 0.0769. The summed E-state index contributed by atoms with van der Waals surface area (Å²) in [5.41, 5.74) is 0.603. The third kappa shape index (κ3) is 2.58. The van der Waals surface area contributed by atoms with Gasteiger partial charge in [0.2, 0.25) is 0 Å². The van der Waals surface area contributed by atoms with Crippen molar-refractivity contribution in [3.8, 4) is 0 Å². The van der Waals surface area contributed by atoms with Crippen LogP contribution in [0.1, 0.15) is 5.56 Å². The van der Waals surface area contributed by atoms with Gasteiger partial charge in [-0.3, -0.25) is 0 Å². The van der Waals surface area contributed by atoms with Crippen LogP contribution in [0.25, 0.3) is 0 Å². The van der Waals surface area contributed by atoms with Gasteiger partial charge in [0.05, 0.1) is 16.9 Å². The maximum Gasteiger partial charge on any atom is 0.417 e. The number of hydrogen-bond acceptors (Lipinski definition) is 2. The molecule has 0 saturated carbocycles. The van der Waals surface area contributed by atoms with E-state index in [1.165, 1.54) is 17.8 Å². The van der Waals surface area contributed by atoms with E-state index in [4.69, 9.17) is 0 Å². The molecule has 0 saturated heterocycles. The minimum atomic E-state index is -4.37. The van der Waals surface area contributed by atoms with Gasteiger partial charge < -0.3 is 5.32 Å². The highest BCUT2D eigenvalue weighted by Crippen LogP contribution is 2.48. The predicted molar refractivity (Wildman–Crippen MR) is 80.7 cm³/mol. The second-order valence-corrected chi connectivity index (χ2v) is 7.05. The molecule has 0 amide bonds. The van der Waals surface area contributed by atoms with Crippen LogP contribution in [0.15, 0.2) is 49.1 Å². The minimum absolute atomic E-state index is 0.0523. The van der Waals surface area contributed by atoms with Crippen LogP contribution < -0.4 is 5.32 Å². The summed E-state index contributed by atoms with van der Waals surface area (Å²) in [6.07, 6.45) is -4.37. The third-order valence-corrected chi connectivity index (χ3v) is 5.07. The van der Waals surface area contributed by atoms with Crippen LogP contribution in [0, 0.1) is 0 Å². The first-order valence-corrected chi connectivity index (χ1v) is 7.90. The number of rotatable bonds is 0. The van der Waals surface area contributed by atoms with Crippen molar-refractivity contribution in [2.24, 2.45) is 0 Å². The van der Waals surface area contributed by atoms with Gasteiger partial charge >= 0.3 is 6.18 Å². The van der Waals surface area contributed by atoms with Crippen molar-refractivity contribution < 1.29 is 13.2 Å². The Bertz CT molecular complexity index is 701. The van der Waals surface area contributed by atoms with Gasteiger partial charge in [-0.2, -0.15) is 13.2 Å². The maximum atomic E-state index is 12.9. The van der Waals surface area contributed by atoms with Gasteiger partial charge in [-0.05, 0) is 30.3 Å². The van der Waals surface area contributed by atoms with E-state index >= 15 is 0 Å². The number of hydrogen-bond donors (Lipinski definition) is 1. The van der Waals surface area contributed by atoms with Gasteiger partial charge in [-0.15, -0.1) is 0 Å². The summed E-state index contributed by atoms with van der Waals surface area (Å²) in [7, 11) is 0. The molecule has 7 heteroatoms. The first kappa shape index (κ1) is 14.3. The molecule has 2 aromatic rings. The number of fused-ring (bicyclic) bond motifs is 2. The largest absolute Gasteiger partial charge is 0.417 e. The summed E-state index contributed by atoms with van der Waals surface area (Å²) >= 11 is 7.82. The molecule has 2 aromatic carbocycles. The van der Waals surface area contributed by atoms with E-state index in [0.717, 1.165) is 26.0 Å². The zero-order chi connectivity index (χ0) is 14.5. The first-order chi connectivity index (χ1) is 9.34. The van der Waals surface area contributed by atoms with Crippen molar-refractivity contribution >= 4 is 55.0 Å². The van der Waals surface area contributed by atoms with Gasteiger partial charge in [0.15, 0.2) is 0 Å². The van der Waals surface area contributed by atoms with Gasteiger partial charge in [0, 0.05) is 18.7 Å². The van der Waals surface area contributed by atoms with Crippen molar-refractivity contribution in [2.45, 2.75) is 16.0 Å². The van der Waals surface area contributed by atoms with Gasteiger partial charge in [-0.1, -0.05) is 43.6 Å². The average molecular weight is 425 g/mol. The van der Waals surface area contributed by atoms with Crippen molar-refractivity contribution in [3.05, 3.63) is 44.8 Å². The Labute approximate surface area is 134 Å². The summed E-state index contributed by atoms with van der Waals surface area (Å²) in [6.45, 7) is 0. The second kappa shape index (κ2) is 4.96. The highest BCUT2D eigenvalue weighted by Gasteiger charge is 2.34. The molecular weight excluding hydrogens is 419 g/mol. The zero-order valence-electron chi connectivity index (χ0n) is 9.68. The number of benzene rings is 2. The van der Waals surface area contributed by atoms with E-state index in [1.54, 1.807) is 0 Å². The van der Waals surface area contributed by atoms with Crippen LogP contribution >= 0.6 is 43.6 Å². The Hall–Kier alpha value is -0.660. The fourth-order valence-corrected chi connectivity index (χ4v) is 4.18. The molecule has 0 aromatic heterocycles. The quantitative estimate of drug-likeness (QED) is 0.445. The molecule has 104 valence electrons. The lowest BCUT2D eigenvalue weighted by atomic mass is 10.2. The lowest BCUT2D eigenvalue weighted by Crippen LogP contribution is -2.08. The molecule has 20 heavy (non-hydrogen) atoms. The summed E-state index contributed by atoms with van der Waals surface area (Å²) in [6, 6.07) is 8.25. The summed E-state index contributed by atoms with van der Waals surface area (Å²) in [5.74, 6) is 0. The average Bonchev–Trinajstić information content (AvgIpc) is 2.34. The minimum Gasteiger partial charge on any atom is -0.354 e. The first-order valence-electron chi connectivity index (χ1n) is 5.50. The van der Waals surface area contributed by atoms with Crippen molar-refractivity contribution in [1.82, 2.24) is 0 Å². The smallest absolute Gasteiger partial charge is 0.354 e. The Kier molecular flexibility index (Phi) is 3.54. The Morgan fingerprint density at radius 3 is 2.35 bits per heavy atom. The van der Waals surface area contributed by atoms with Crippen LogP contribution in [-0.4, -0.2) is 0 Å². The van der Waals surface area contributed by atoms with E-state index in [0.29, 0.717) is 5.69 Å². The van der Waals surface area contributed by atoms with E-state index in [1.807, 2.05) is 18.2 Å². The topological polar surface area (TPSA) is 12.0 Å². The number of alkyl halides is 3. The summed E-state index contributed by atoms with van der Waals surface area (Å²) < 4.78 is 39.7. The van der Waals surface area contributed by atoms with Crippen LogP contribution in [0.2, 0.25) is 0 Å². The van der Waals surface area contributed by atoms with E-state index in [2.05, 4.69) is 37.2 Å². The molecule has 0 radical (unpaired) electrons. The van der Waals surface area contributed by atoms with Crippen LogP contribution in [0.3, 0.4) is 0 Å². The van der Waals surface area contributed by atoms with Crippen LogP contribution in [0.5, 0.6) is 0 Å². The highest BCUT2D eigenvalue weighted by molar-refractivity contribution is 9.10. The zero-order valence-corrected chi connectivity index (χ0v) is 13.7. The molecule has 0 unspecified atom stereocenters. The third-order valence-electron chi connectivity index (χ3n) is 2.81. The van der Waals surface area contributed by atoms with Crippen LogP contribution in [-0.2, 0) is 6.18 Å². The number of anilines is 2. The maximum absolute atomic E-state index is 12.9. The molecule has 1 aliphatic rings. The molecule has 1 nitrogen and oxygen atoms in total. The highest BCUT2D eigenvalue weighted by atomic mass is 79.9. The normalized spacial score (nSPS) is 13.4. The standard InChI is InChI=1S/C13H6Br2F3NS/c14-6-1-2-9-11(3-6)20-12-5-8(15)7(13(16,17)18)4-10(12)19-9/h1-5,19H. The Morgan fingerprint density at radius 2 is 1.65 bits per heavy atom. The number of nitrogens with one attached hydrogen (secondary N) is 1. The Balaban J connectivity index is 2.09. The SMILES string of the molecule is FC(F)(F)c1cc2c(cc1Br)Sc1cc(Br)ccc1N2. The predicted octanol–water partition coefficient (Wildman–Crippen LogP) is 6.44. The van der Waals surface area contributed by atoms with E-state index < -0.39 is 11.7 Å². The molecule has 1 heterocycles. The molecule has 0 aliphatic carbocycles. The molecule has 0 spiro atoms. The molecule has 0 bridgehead atoms. The second-order valence-electron chi connectivity index (χ2n) is 4.19. The van der Waals surface area contributed by atoms with Gasteiger partial charge in [0.25, 0.3) is 0 Å².